The molecule has 0 unspecified atom stereocenters. The smallest absolute Gasteiger partial charge is 0.335 e. The lowest BCUT2D eigenvalue weighted by molar-refractivity contribution is 0.0697. The van der Waals surface area contributed by atoms with Crippen LogP contribution in [0.1, 0.15) is 28.8 Å². The standard InChI is InChI=1S/C14H14N2O3/c1-3-11-8-13(16-9(2)15-11)19-12-6-4-10(5-7-12)14(17)18/h4-8H,3H2,1-2H3,(H,17,18). The summed E-state index contributed by atoms with van der Waals surface area (Å²) in [6, 6.07) is 7.97. The van der Waals surface area contributed by atoms with Crippen LogP contribution in [0.5, 0.6) is 11.6 Å². The highest BCUT2D eigenvalue weighted by Crippen LogP contribution is 2.20. The van der Waals surface area contributed by atoms with Crippen LogP contribution in [0.25, 0.3) is 0 Å². The number of rotatable bonds is 4. The number of carbonyl (C=O) groups is 1. The predicted molar refractivity (Wildman–Crippen MR) is 69.6 cm³/mol. The molecule has 1 heterocycles. The number of carboxylic acid groups (broad SMARTS) is 1. The van der Waals surface area contributed by atoms with E-state index in [4.69, 9.17) is 9.84 Å². The first-order valence-electron chi connectivity index (χ1n) is 5.94. The Morgan fingerprint density at radius 2 is 1.95 bits per heavy atom. The van der Waals surface area contributed by atoms with Crippen LogP contribution in [0.3, 0.4) is 0 Å². The molecule has 0 aliphatic rings. The predicted octanol–water partition coefficient (Wildman–Crippen LogP) is 2.84. The van der Waals surface area contributed by atoms with Crippen LogP contribution < -0.4 is 4.74 Å². The van der Waals surface area contributed by atoms with Gasteiger partial charge >= 0.3 is 5.97 Å². The van der Waals surface area contributed by atoms with Gasteiger partial charge < -0.3 is 9.84 Å². The van der Waals surface area contributed by atoms with E-state index >= 15 is 0 Å². The van der Waals surface area contributed by atoms with Gasteiger partial charge in [-0.15, -0.1) is 0 Å². The second-order valence-corrected chi connectivity index (χ2v) is 4.03. The average molecular weight is 258 g/mol. The van der Waals surface area contributed by atoms with Gasteiger partial charge in [0.1, 0.15) is 11.6 Å². The molecule has 0 amide bonds. The Hall–Kier alpha value is -2.43. The van der Waals surface area contributed by atoms with E-state index in [1.54, 1.807) is 25.1 Å². The lowest BCUT2D eigenvalue weighted by Gasteiger charge is -2.07. The molecule has 1 aromatic carbocycles. The van der Waals surface area contributed by atoms with E-state index in [0.29, 0.717) is 17.5 Å². The molecule has 0 aliphatic heterocycles. The third-order valence-electron chi connectivity index (χ3n) is 2.55. The lowest BCUT2D eigenvalue weighted by Crippen LogP contribution is -1.98. The first-order chi connectivity index (χ1) is 9.08. The van der Waals surface area contributed by atoms with E-state index in [9.17, 15) is 4.79 Å². The van der Waals surface area contributed by atoms with Crippen LogP contribution in [-0.4, -0.2) is 21.0 Å². The molecule has 0 radical (unpaired) electrons. The summed E-state index contributed by atoms with van der Waals surface area (Å²) in [5, 5.41) is 8.81. The SMILES string of the molecule is CCc1cc(Oc2ccc(C(=O)O)cc2)nc(C)n1. The number of nitrogens with zero attached hydrogens (tertiary/aromatic N) is 2. The molecule has 2 rings (SSSR count). The molecule has 0 fully saturated rings. The summed E-state index contributed by atoms with van der Waals surface area (Å²) < 4.78 is 5.59. The molecule has 0 saturated carbocycles. The van der Waals surface area contributed by atoms with Crippen LogP contribution in [0.15, 0.2) is 30.3 Å². The summed E-state index contributed by atoms with van der Waals surface area (Å²) in [6.07, 6.45) is 0.803. The van der Waals surface area contributed by atoms with E-state index in [1.807, 2.05) is 6.92 Å². The first-order valence-corrected chi connectivity index (χ1v) is 5.94. The van der Waals surface area contributed by atoms with Gasteiger partial charge in [-0.3, -0.25) is 0 Å². The summed E-state index contributed by atoms with van der Waals surface area (Å²) in [4.78, 5) is 19.2. The highest BCUT2D eigenvalue weighted by Gasteiger charge is 2.05. The molecule has 1 aromatic heterocycles. The van der Waals surface area contributed by atoms with Crippen LogP contribution in [-0.2, 0) is 6.42 Å². The largest absolute Gasteiger partial charge is 0.478 e. The second-order valence-electron chi connectivity index (χ2n) is 4.03. The third kappa shape index (κ3) is 3.28. The van der Waals surface area contributed by atoms with Crippen molar-refractivity contribution in [3.63, 3.8) is 0 Å². The molecular formula is C14H14N2O3. The van der Waals surface area contributed by atoms with Crippen molar-refractivity contribution in [3.05, 3.63) is 47.4 Å². The molecule has 1 N–H and O–H groups in total. The molecule has 5 heteroatoms. The summed E-state index contributed by atoms with van der Waals surface area (Å²) in [5.74, 6) is 0.701. The van der Waals surface area contributed by atoms with E-state index < -0.39 is 5.97 Å². The number of benzene rings is 1. The zero-order valence-corrected chi connectivity index (χ0v) is 10.8. The Balaban J connectivity index is 2.21. The minimum Gasteiger partial charge on any atom is -0.478 e. The molecular weight excluding hydrogens is 244 g/mol. The van der Waals surface area contributed by atoms with Crippen LogP contribution in [0, 0.1) is 6.92 Å². The summed E-state index contributed by atoms with van der Waals surface area (Å²) in [5.41, 5.74) is 1.13. The number of aryl methyl sites for hydroxylation is 2. The second kappa shape index (κ2) is 5.48. The maximum atomic E-state index is 10.7. The van der Waals surface area contributed by atoms with Gasteiger partial charge in [-0.2, -0.15) is 4.98 Å². The Kier molecular flexibility index (Phi) is 3.75. The van der Waals surface area contributed by atoms with Crippen molar-refractivity contribution >= 4 is 5.97 Å². The number of aromatic nitrogens is 2. The number of ether oxygens (including phenoxy) is 1. The normalized spacial score (nSPS) is 10.2. The van der Waals surface area contributed by atoms with Gasteiger partial charge in [0.05, 0.1) is 5.56 Å². The fourth-order valence-electron chi connectivity index (χ4n) is 1.62. The van der Waals surface area contributed by atoms with Gasteiger partial charge in [0, 0.05) is 11.8 Å². The van der Waals surface area contributed by atoms with E-state index in [0.717, 1.165) is 12.1 Å². The molecule has 19 heavy (non-hydrogen) atoms. The van der Waals surface area contributed by atoms with E-state index in [1.165, 1.54) is 12.1 Å². The highest BCUT2D eigenvalue weighted by molar-refractivity contribution is 5.87. The monoisotopic (exact) mass is 258 g/mol. The van der Waals surface area contributed by atoms with Crippen molar-refractivity contribution < 1.29 is 14.6 Å². The Morgan fingerprint density at radius 1 is 1.26 bits per heavy atom. The van der Waals surface area contributed by atoms with Crippen molar-refractivity contribution in [1.29, 1.82) is 0 Å². The van der Waals surface area contributed by atoms with E-state index in [2.05, 4.69) is 9.97 Å². The maximum Gasteiger partial charge on any atom is 0.335 e. The summed E-state index contributed by atoms with van der Waals surface area (Å²) >= 11 is 0. The number of aromatic carboxylic acids is 1. The summed E-state index contributed by atoms with van der Waals surface area (Å²) in [6.45, 7) is 3.81. The Labute approximate surface area is 110 Å². The number of hydrogen-bond acceptors (Lipinski definition) is 4. The topological polar surface area (TPSA) is 72.3 Å². The van der Waals surface area contributed by atoms with Gasteiger partial charge in [0.15, 0.2) is 0 Å². The lowest BCUT2D eigenvalue weighted by atomic mass is 10.2. The fraction of sp³-hybridized carbons (Fsp3) is 0.214. The van der Waals surface area contributed by atoms with Gasteiger partial charge in [0.2, 0.25) is 5.88 Å². The number of hydrogen-bond donors (Lipinski definition) is 1. The Morgan fingerprint density at radius 3 is 2.53 bits per heavy atom. The quantitative estimate of drug-likeness (QED) is 0.912. The molecule has 5 nitrogen and oxygen atoms in total. The Bertz CT molecular complexity index is 594. The molecule has 0 atom stereocenters. The van der Waals surface area contributed by atoms with Crippen LogP contribution >= 0.6 is 0 Å². The molecule has 0 saturated heterocycles. The minimum absolute atomic E-state index is 0.223. The molecule has 2 aromatic rings. The molecule has 0 spiro atoms. The minimum atomic E-state index is -0.960. The maximum absolute atomic E-state index is 10.7. The van der Waals surface area contributed by atoms with Gasteiger partial charge in [0.25, 0.3) is 0 Å². The van der Waals surface area contributed by atoms with Crippen LogP contribution in [0.4, 0.5) is 0 Å². The molecule has 0 aliphatic carbocycles. The molecule has 0 bridgehead atoms. The van der Waals surface area contributed by atoms with Gasteiger partial charge in [-0.25, -0.2) is 9.78 Å². The summed E-state index contributed by atoms with van der Waals surface area (Å²) in [7, 11) is 0. The highest BCUT2D eigenvalue weighted by atomic mass is 16.5. The van der Waals surface area contributed by atoms with Crippen molar-refractivity contribution in [1.82, 2.24) is 9.97 Å². The fourth-order valence-corrected chi connectivity index (χ4v) is 1.62. The van der Waals surface area contributed by atoms with Crippen LogP contribution in [0.2, 0.25) is 0 Å². The average Bonchev–Trinajstić information content (AvgIpc) is 2.38. The first kappa shape index (κ1) is 13.0. The van der Waals surface area contributed by atoms with Crippen molar-refractivity contribution in [3.8, 4) is 11.6 Å². The van der Waals surface area contributed by atoms with Gasteiger partial charge in [-0.1, -0.05) is 6.92 Å². The van der Waals surface area contributed by atoms with Crippen molar-refractivity contribution in [2.75, 3.05) is 0 Å². The zero-order chi connectivity index (χ0) is 13.8. The van der Waals surface area contributed by atoms with Crippen molar-refractivity contribution in [2.24, 2.45) is 0 Å². The molecule has 98 valence electrons. The number of carboxylic acids is 1. The third-order valence-corrected chi connectivity index (χ3v) is 2.55. The van der Waals surface area contributed by atoms with Gasteiger partial charge in [-0.05, 0) is 37.6 Å². The van der Waals surface area contributed by atoms with Crippen molar-refractivity contribution in [2.45, 2.75) is 20.3 Å². The zero-order valence-electron chi connectivity index (χ0n) is 10.8. The van der Waals surface area contributed by atoms with E-state index in [-0.39, 0.29) is 5.56 Å².